The van der Waals surface area contributed by atoms with Crippen LogP contribution in [0, 0.1) is 0 Å². The predicted octanol–water partition coefficient (Wildman–Crippen LogP) is 4.16. The fraction of sp³-hybridized carbons (Fsp3) is 0.222. The first-order chi connectivity index (χ1) is 12.5. The Bertz CT molecular complexity index is 921. The lowest BCUT2D eigenvalue weighted by molar-refractivity contribution is -0.150. The van der Waals surface area contributed by atoms with E-state index < -0.39 is 6.10 Å². The quantitative estimate of drug-likeness (QED) is 0.586. The summed E-state index contributed by atoms with van der Waals surface area (Å²) in [4.78, 5) is 17.0. The Morgan fingerprint density at radius 2 is 1.92 bits per heavy atom. The number of ether oxygens (including phenoxy) is 2. The van der Waals surface area contributed by atoms with E-state index in [1.807, 2.05) is 18.2 Å². The third kappa shape index (κ3) is 4.62. The monoisotopic (exact) mass is 389 g/mol. The maximum absolute atomic E-state index is 11.6. The average molecular weight is 390 g/mol. The molecule has 0 spiro atoms. The highest BCUT2D eigenvalue weighted by Gasteiger charge is 2.15. The standard InChI is InChI=1S/C18H16ClN3O3S/c1-3-24-17(23)11(2)25-13-5-7-14(8-6-13)26-18-20-15-9-4-12(19)10-16(15)21-22-18/h4-11H,3H2,1-2H3. The molecule has 134 valence electrons. The van der Waals surface area contributed by atoms with Crippen LogP contribution in [-0.2, 0) is 9.53 Å². The van der Waals surface area contributed by atoms with Crippen LogP contribution < -0.4 is 4.74 Å². The minimum Gasteiger partial charge on any atom is -0.479 e. The van der Waals surface area contributed by atoms with Gasteiger partial charge in [0.1, 0.15) is 11.3 Å². The molecule has 0 amide bonds. The van der Waals surface area contributed by atoms with Gasteiger partial charge in [0.25, 0.3) is 0 Å². The number of aromatic nitrogens is 3. The summed E-state index contributed by atoms with van der Waals surface area (Å²) >= 11 is 7.32. The third-order valence-electron chi connectivity index (χ3n) is 3.36. The van der Waals surface area contributed by atoms with E-state index in [1.165, 1.54) is 11.8 Å². The molecule has 3 aromatic rings. The molecular weight excluding hydrogens is 374 g/mol. The van der Waals surface area contributed by atoms with Gasteiger partial charge in [0.15, 0.2) is 6.10 Å². The Hall–Kier alpha value is -2.38. The molecule has 0 aliphatic rings. The summed E-state index contributed by atoms with van der Waals surface area (Å²) in [5.74, 6) is 0.198. The van der Waals surface area contributed by atoms with E-state index in [9.17, 15) is 4.79 Å². The molecule has 1 heterocycles. The van der Waals surface area contributed by atoms with E-state index in [1.54, 1.807) is 38.1 Å². The second kappa shape index (κ2) is 8.33. The lowest BCUT2D eigenvalue weighted by Gasteiger charge is -2.13. The number of halogens is 1. The molecular formula is C18H16ClN3O3S. The zero-order valence-electron chi connectivity index (χ0n) is 14.2. The summed E-state index contributed by atoms with van der Waals surface area (Å²) < 4.78 is 10.5. The van der Waals surface area contributed by atoms with Gasteiger partial charge in [0, 0.05) is 9.92 Å². The van der Waals surface area contributed by atoms with Gasteiger partial charge in [-0.3, -0.25) is 0 Å². The number of hydrogen-bond donors (Lipinski definition) is 0. The third-order valence-corrected chi connectivity index (χ3v) is 4.46. The van der Waals surface area contributed by atoms with Gasteiger partial charge in [0.05, 0.1) is 12.1 Å². The lowest BCUT2D eigenvalue weighted by atomic mass is 10.3. The van der Waals surface area contributed by atoms with Gasteiger partial charge in [-0.05, 0) is 68.1 Å². The van der Waals surface area contributed by atoms with Crippen molar-refractivity contribution in [1.82, 2.24) is 15.2 Å². The van der Waals surface area contributed by atoms with Crippen LogP contribution >= 0.6 is 23.4 Å². The molecule has 8 heteroatoms. The second-order valence-corrected chi connectivity index (χ2v) is 6.79. The van der Waals surface area contributed by atoms with E-state index in [4.69, 9.17) is 21.1 Å². The van der Waals surface area contributed by atoms with Crippen LogP contribution in [0.2, 0.25) is 5.02 Å². The molecule has 0 bridgehead atoms. The smallest absolute Gasteiger partial charge is 0.347 e. The maximum Gasteiger partial charge on any atom is 0.347 e. The fourth-order valence-electron chi connectivity index (χ4n) is 2.14. The van der Waals surface area contributed by atoms with Crippen LogP contribution in [0.25, 0.3) is 11.0 Å². The highest BCUT2D eigenvalue weighted by molar-refractivity contribution is 7.99. The molecule has 0 fully saturated rings. The molecule has 3 rings (SSSR count). The first kappa shape index (κ1) is 18.4. The number of nitrogens with zero attached hydrogens (tertiary/aromatic N) is 3. The minimum atomic E-state index is -0.659. The van der Waals surface area contributed by atoms with Gasteiger partial charge in [0.2, 0.25) is 5.16 Å². The van der Waals surface area contributed by atoms with E-state index in [2.05, 4.69) is 15.2 Å². The maximum atomic E-state index is 11.6. The van der Waals surface area contributed by atoms with Gasteiger partial charge in [-0.2, -0.15) is 0 Å². The van der Waals surface area contributed by atoms with Gasteiger partial charge >= 0.3 is 5.97 Å². The molecule has 26 heavy (non-hydrogen) atoms. The number of carbonyl (C=O) groups is 1. The number of fused-ring (bicyclic) bond motifs is 1. The molecule has 2 aromatic carbocycles. The predicted molar refractivity (Wildman–Crippen MR) is 99.6 cm³/mol. The first-order valence-electron chi connectivity index (χ1n) is 7.96. The molecule has 0 N–H and O–H groups in total. The van der Waals surface area contributed by atoms with E-state index in [-0.39, 0.29) is 5.97 Å². The summed E-state index contributed by atoms with van der Waals surface area (Å²) in [6.45, 7) is 3.74. The second-order valence-electron chi connectivity index (χ2n) is 5.31. The van der Waals surface area contributed by atoms with Crippen molar-refractivity contribution in [3.8, 4) is 5.75 Å². The SMILES string of the molecule is CCOC(=O)C(C)Oc1ccc(Sc2nnc3cc(Cl)ccc3n2)cc1. The van der Waals surface area contributed by atoms with Crippen molar-refractivity contribution in [1.29, 1.82) is 0 Å². The van der Waals surface area contributed by atoms with E-state index in [0.717, 1.165) is 10.4 Å². The first-order valence-corrected chi connectivity index (χ1v) is 9.16. The van der Waals surface area contributed by atoms with Crippen molar-refractivity contribution < 1.29 is 14.3 Å². The molecule has 0 radical (unpaired) electrons. The molecule has 0 aliphatic carbocycles. The van der Waals surface area contributed by atoms with Gasteiger partial charge in [-0.1, -0.05) is 11.6 Å². The summed E-state index contributed by atoms with van der Waals surface area (Å²) in [5, 5.41) is 9.38. The molecule has 1 unspecified atom stereocenters. The van der Waals surface area contributed by atoms with Crippen molar-refractivity contribution in [2.45, 2.75) is 30.0 Å². The van der Waals surface area contributed by atoms with Crippen LogP contribution in [0.1, 0.15) is 13.8 Å². The van der Waals surface area contributed by atoms with E-state index >= 15 is 0 Å². The summed E-state index contributed by atoms with van der Waals surface area (Å²) in [6, 6.07) is 12.6. The normalized spacial score (nSPS) is 12.0. The topological polar surface area (TPSA) is 74.2 Å². The highest BCUT2D eigenvalue weighted by Crippen LogP contribution is 2.27. The zero-order chi connectivity index (χ0) is 18.5. The number of esters is 1. The van der Waals surface area contributed by atoms with Gasteiger partial charge < -0.3 is 9.47 Å². The average Bonchev–Trinajstić information content (AvgIpc) is 2.63. The number of hydrogen-bond acceptors (Lipinski definition) is 7. The Morgan fingerprint density at radius 3 is 2.65 bits per heavy atom. The van der Waals surface area contributed by atoms with Crippen molar-refractivity contribution in [2.75, 3.05) is 6.61 Å². The van der Waals surface area contributed by atoms with Crippen molar-refractivity contribution >= 4 is 40.4 Å². The van der Waals surface area contributed by atoms with Crippen LogP contribution in [-0.4, -0.2) is 33.9 Å². The molecule has 1 atom stereocenters. The number of rotatable bonds is 6. The van der Waals surface area contributed by atoms with Gasteiger partial charge in [-0.25, -0.2) is 9.78 Å². The van der Waals surface area contributed by atoms with Crippen LogP contribution in [0.15, 0.2) is 52.5 Å². The van der Waals surface area contributed by atoms with Crippen LogP contribution in [0.4, 0.5) is 0 Å². The largest absolute Gasteiger partial charge is 0.479 e. The molecule has 0 saturated heterocycles. The summed E-state index contributed by atoms with van der Waals surface area (Å²) in [5.41, 5.74) is 1.38. The molecule has 1 aromatic heterocycles. The molecule has 0 aliphatic heterocycles. The number of carbonyl (C=O) groups excluding carboxylic acids is 1. The Kier molecular flexibility index (Phi) is 5.90. The Balaban J connectivity index is 1.67. The van der Waals surface area contributed by atoms with Crippen molar-refractivity contribution in [3.05, 3.63) is 47.5 Å². The summed E-state index contributed by atoms with van der Waals surface area (Å²) in [7, 11) is 0. The fourth-order valence-corrected chi connectivity index (χ4v) is 3.01. The van der Waals surface area contributed by atoms with Gasteiger partial charge in [-0.15, -0.1) is 10.2 Å². The van der Waals surface area contributed by atoms with Crippen LogP contribution in [0.5, 0.6) is 5.75 Å². The summed E-state index contributed by atoms with van der Waals surface area (Å²) in [6.07, 6.45) is -0.659. The van der Waals surface area contributed by atoms with Crippen molar-refractivity contribution in [2.24, 2.45) is 0 Å². The minimum absolute atomic E-state index is 0.327. The number of benzene rings is 2. The Labute approximate surface area is 159 Å². The molecule has 0 saturated carbocycles. The molecule has 6 nitrogen and oxygen atoms in total. The lowest BCUT2D eigenvalue weighted by Crippen LogP contribution is -2.25. The zero-order valence-corrected chi connectivity index (χ0v) is 15.8. The van der Waals surface area contributed by atoms with Crippen LogP contribution in [0.3, 0.4) is 0 Å². The van der Waals surface area contributed by atoms with Crippen molar-refractivity contribution in [3.63, 3.8) is 0 Å². The van der Waals surface area contributed by atoms with E-state index in [0.29, 0.717) is 28.1 Å². The Morgan fingerprint density at radius 1 is 1.15 bits per heavy atom. The highest BCUT2D eigenvalue weighted by atomic mass is 35.5.